The van der Waals surface area contributed by atoms with E-state index >= 15 is 0 Å². The van der Waals surface area contributed by atoms with E-state index in [4.69, 9.17) is 0 Å². The number of H-pyrrole nitrogens is 1. The summed E-state index contributed by atoms with van der Waals surface area (Å²) in [6.07, 6.45) is -4.00. The van der Waals surface area contributed by atoms with Gasteiger partial charge in [0.2, 0.25) is 0 Å². The lowest BCUT2D eigenvalue weighted by molar-refractivity contribution is -0.138. The molecule has 0 saturated heterocycles. The maximum absolute atomic E-state index is 12.3. The fraction of sp³-hybridized carbons (Fsp3) is 0.571. The molecule has 5 heteroatoms. The summed E-state index contributed by atoms with van der Waals surface area (Å²) in [6.45, 7) is 3.01. The van der Waals surface area contributed by atoms with Gasteiger partial charge >= 0.3 is 6.18 Å². The van der Waals surface area contributed by atoms with E-state index in [0.29, 0.717) is 6.42 Å². The molecule has 0 aliphatic rings. The van der Waals surface area contributed by atoms with Gasteiger partial charge in [0, 0.05) is 5.69 Å². The van der Waals surface area contributed by atoms with E-state index in [2.05, 4.69) is 10.2 Å². The van der Waals surface area contributed by atoms with E-state index in [9.17, 15) is 13.2 Å². The van der Waals surface area contributed by atoms with Crippen LogP contribution in [0.15, 0.2) is 0 Å². The molecule has 0 radical (unpaired) electrons. The first kappa shape index (κ1) is 9.09. The first-order chi connectivity index (χ1) is 5.46. The summed E-state index contributed by atoms with van der Waals surface area (Å²) < 4.78 is 36.8. The van der Waals surface area contributed by atoms with Gasteiger partial charge < -0.3 is 0 Å². The number of nitrogens with zero attached hydrogens (tertiary/aromatic N) is 1. The summed E-state index contributed by atoms with van der Waals surface area (Å²) in [5, 5.41) is 5.88. The number of nitrogens with one attached hydrogen (secondary N) is 1. The van der Waals surface area contributed by atoms with Crippen LogP contribution in [0.25, 0.3) is 0 Å². The van der Waals surface area contributed by atoms with Crippen LogP contribution >= 0.6 is 0 Å². The molecule has 0 atom stereocenters. The standard InChI is InChI=1S/C7H9F3N2/c1-3-5-6(7(8,9)10)4(2)11-12-5/h3H2,1-2H3,(H,11,12). The number of halogens is 3. The molecule has 1 rings (SSSR count). The average molecular weight is 178 g/mol. The van der Waals surface area contributed by atoms with E-state index in [1.165, 1.54) is 6.92 Å². The topological polar surface area (TPSA) is 28.7 Å². The summed E-state index contributed by atoms with van der Waals surface area (Å²) in [6, 6.07) is 0. The minimum atomic E-state index is -4.29. The third-order valence-electron chi connectivity index (χ3n) is 1.64. The Kier molecular flexibility index (Phi) is 2.12. The summed E-state index contributed by atoms with van der Waals surface area (Å²) in [5.41, 5.74) is -0.454. The number of alkyl halides is 3. The molecule has 0 aromatic carbocycles. The van der Waals surface area contributed by atoms with Gasteiger partial charge in [-0.15, -0.1) is 0 Å². The predicted octanol–water partition coefficient (Wildman–Crippen LogP) is 2.30. The molecule has 1 aromatic heterocycles. The minimum Gasteiger partial charge on any atom is -0.282 e. The molecule has 1 N–H and O–H groups in total. The Labute approximate surface area is 67.8 Å². The van der Waals surface area contributed by atoms with Gasteiger partial charge in [0.05, 0.1) is 11.3 Å². The largest absolute Gasteiger partial charge is 0.419 e. The summed E-state index contributed by atoms with van der Waals surface area (Å²) >= 11 is 0. The molecule has 1 aromatic rings. The maximum atomic E-state index is 12.3. The van der Waals surface area contributed by atoms with Crippen molar-refractivity contribution in [2.45, 2.75) is 26.4 Å². The van der Waals surface area contributed by atoms with Crippen LogP contribution < -0.4 is 0 Å². The van der Waals surface area contributed by atoms with Gasteiger partial charge in [-0.05, 0) is 13.3 Å². The van der Waals surface area contributed by atoms with Crippen LogP contribution in [-0.4, -0.2) is 10.2 Å². The highest BCUT2D eigenvalue weighted by atomic mass is 19.4. The number of rotatable bonds is 1. The van der Waals surface area contributed by atoms with Crippen LogP contribution in [0.3, 0.4) is 0 Å². The quantitative estimate of drug-likeness (QED) is 0.702. The maximum Gasteiger partial charge on any atom is 0.419 e. The number of aryl methyl sites for hydroxylation is 2. The number of aromatic amines is 1. The van der Waals surface area contributed by atoms with Crippen LogP contribution in [0.2, 0.25) is 0 Å². The highest BCUT2D eigenvalue weighted by molar-refractivity contribution is 5.27. The van der Waals surface area contributed by atoms with Crippen LogP contribution in [0, 0.1) is 6.92 Å². The lowest BCUT2D eigenvalue weighted by Crippen LogP contribution is -2.08. The molecule has 0 aliphatic heterocycles. The van der Waals surface area contributed by atoms with Crippen LogP contribution in [-0.2, 0) is 12.6 Å². The SMILES string of the molecule is CCc1n[nH]c(C)c1C(F)(F)F. The van der Waals surface area contributed by atoms with Gasteiger partial charge in [0.15, 0.2) is 0 Å². The number of aromatic nitrogens is 2. The van der Waals surface area contributed by atoms with Crippen molar-refractivity contribution in [2.24, 2.45) is 0 Å². The lowest BCUT2D eigenvalue weighted by Gasteiger charge is -2.06. The second-order valence-electron chi connectivity index (χ2n) is 2.52. The molecule has 1 heterocycles. The molecule has 0 amide bonds. The van der Waals surface area contributed by atoms with Crippen molar-refractivity contribution in [1.82, 2.24) is 10.2 Å². The third kappa shape index (κ3) is 1.44. The van der Waals surface area contributed by atoms with Crippen molar-refractivity contribution in [1.29, 1.82) is 0 Å². The first-order valence-electron chi connectivity index (χ1n) is 3.57. The Morgan fingerprint density at radius 1 is 1.42 bits per heavy atom. The second kappa shape index (κ2) is 2.80. The second-order valence-corrected chi connectivity index (χ2v) is 2.52. The molecule has 0 fully saturated rings. The van der Waals surface area contributed by atoms with Crippen molar-refractivity contribution >= 4 is 0 Å². The summed E-state index contributed by atoms with van der Waals surface area (Å²) in [4.78, 5) is 0. The first-order valence-corrected chi connectivity index (χ1v) is 3.57. The molecule has 2 nitrogen and oxygen atoms in total. The zero-order valence-electron chi connectivity index (χ0n) is 6.79. The van der Waals surface area contributed by atoms with Crippen molar-refractivity contribution in [3.8, 4) is 0 Å². The monoisotopic (exact) mass is 178 g/mol. The molecule has 68 valence electrons. The lowest BCUT2D eigenvalue weighted by atomic mass is 10.1. The van der Waals surface area contributed by atoms with E-state index in [-0.39, 0.29) is 11.4 Å². The van der Waals surface area contributed by atoms with Gasteiger partial charge in [-0.25, -0.2) is 0 Å². The van der Waals surface area contributed by atoms with Crippen molar-refractivity contribution in [2.75, 3.05) is 0 Å². The van der Waals surface area contributed by atoms with E-state index in [0.717, 1.165) is 0 Å². The molecule has 0 aliphatic carbocycles. The van der Waals surface area contributed by atoms with Crippen molar-refractivity contribution in [3.05, 3.63) is 17.0 Å². The van der Waals surface area contributed by atoms with E-state index in [1.807, 2.05) is 0 Å². The van der Waals surface area contributed by atoms with Crippen LogP contribution in [0.5, 0.6) is 0 Å². The van der Waals surface area contributed by atoms with Gasteiger partial charge in [0.25, 0.3) is 0 Å². The van der Waals surface area contributed by atoms with Crippen LogP contribution in [0.1, 0.15) is 23.9 Å². The van der Waals surface area contributed by atoms with Crippen molar-refractivity contribution in [3.63, 3.8) is 0 Å². The summed E-state index contributed by atoms with van der Waals surface area (Å²) in [5.74, 6) is 0. The molecule has 0 bridgehead atoms. The van der Waals surface area contributed by atoms with Crippen LogP contribution in [0.4, 0.5) is 13.2 Å². The highest BCUT2D eigenvalue weighted by Crippen LogP contribution is 2.33. The Morgan fingerprint density at radius 2 is 2.00 bits per heavy atom. The van der Waals surface area contributed by atoms with E-state index in [1.54, 1.807) is 6.92 Å². The normalized spacial score (nSPS) is 12.1. The Morgan fingerprint density at radius 3 is 2.33 bits per heavy atom. The third-order valence-corrected chi connectivity index (χ3v) is 1.64. The molecular weight excluding hydrogens is 169 g/mol. The van der Waals surface area contributed by atoms with Gasteiger partial charge in [0.1, 0.15) is 0 Å². The zero-order chi connectivity index (χ0) is 9.35. The Bertz CT molecular complexity index is 275. The fourth-order valence-electron chi connectivity index (χ4n) is 1.11. The Hall–Kier alpha value is -1.00. The predicted molar refractivity (Wildman–Crippen MR) is 37.7 cm³/mol. The Balaban J connectivity index is 3.19. The number of hydrogen-bond acceptors (Lipinski definition) is 1. The zero-order valence-corrected chi connectivity index (χ0v) is 6.79. The molecule has 0 unspecified atom stereocenters. The fourth-order valence-corrected chi connectivity index (χ4v) is 1.11. The van der Waals surface area contributed by atoms with Gasteiger partial charge in [-0.1, -0.05) is 6.92 Å². The van der Waals surface area contributed by atoms with Gasteiger partial charge in [-0.2, -0.15) is 18.3 Å². The number of hydrogen-bond donors (Lipinski definition) is 1. The molecular formula is C7H9F3N2. The summed E-state index contributed by atoms with van der Waals surface area (Å²) in [7, 11) is 0. The van der Waals surface area contributed by atoms with Gasteiger partial charge in [-0.3, -0.25) is 5.10 Å². The van der Waals surface area contributed by atoms with Crippen molar-refractivity contribution < 1.29 is 13.2 Å². The molecule has 0 spiro atoms. The average Bonchev–Trinajstić information content (AvgIpc) is 2.29. The molecule has 12 heavy (non-hydrogen) atoms. The van der Waals surface area contributed by atoms with E-state index < -0.39 is 11.7 Å². The highest BCUT2D eigenvalue weighted by Gasteiger charge is 2.36. The minimum absolute atomic E-state index is 0.0827. The molecule has 0 saturated carbocycles. The smallest absolute Gasteiger partial charge is 0.282 e.